The van der Waals surface area contributed by atoms with Crippen LogP contribution in [-0.4, -0.2) is 62.0 Å². The molecule has 1 fully saturated rings. The van der Waals surface area contributed by atoms with Crippen LogP contribution in [-0.2, 0) is 4.74 Å². The standard InChI is InChI=1S/C27H36Cl2N6O3/c1-14(2)20-21(15(3)9-10-30-20)35-24-18(11-19(28)22(29)31-24)23(32-25(35)36)33-12-17(5)34(13-16(33)4)26(37)38-27(6,7)8/h9-11,14-17,21H,12-13H2,1-8H3/t15?,16-,17+,21?/m0/s1. The molecular weight excluding hydrogens is 527 g/mol. The number of halogens is 2. The summed E-state index contributed by atoms with van der Waals surface area (Å²) in [4.78, 5) is 44.2. The second-order valence-electron chi connectivity index (χ2n) is 11.6. The highest BCUT2D eigenvalue weighted by atomic mass is 35.5. The van der Waals surface area contributed by atoms with Crippen LogP contribution >= 0.6 is 23.2 Å². The second kappa shape index (κ2) is 10.5. The fraction of sp³-hybridized carbons (Fsp3) is 0.593. The van der Waals surface area contributed by atoms with E-state index in [1.54, 1.807) is 21.7 Å². The molecule has 0 bridgehead atoms. The monoisotopic (exact) mass is 562 g/mol. The Labute approximate surface area is 233 Å². The van der Waals surface area contributed by atoms with E-state index in [0.29, 0.717) is 29.9 Å². The van der Waals surface area contributed by atoms with Gasteiger partial charge in [0.1, 0.15) is 22.2 Å². The molecule has 0 saturated carbocycles. The summed E-state index contributed by atoms with van der Waals surface area (Å²) >= 11 is 12.8. The zero-order chi connectivity index (χ0) is 28.1. The first-order valence-corrected chi connectivity index (χ1v) is 13.7. The summed E-state index contributed by atoms with van der Waals surface area (Å²) in [6.45, 7) is 16.5. The van der Waals surface area contributed by atoms with Crippen molar-refractivity contribution in [2.45, 2.75) is 79.1 Å². The topological polar surface area (TPSA) is 92.9 Å². The van der Waals surface area contributed by atoms with Crippen molar-refractivity contribution in [3.63, 3.8) is 0 Å². The number of rotatable bonds is 3. The third kappa shape index (κ3) is 5.41. The molecule has 206 valence electrons. The number of aliphatic imine (C=N–C) groups is 1. The van der Waals surface area contributed by atoms with Gasteiger partial charge in [0, 0.05) is 43.0 Å². The average molecular weight is 564 g/mol. The van der Waals surface area contributed by atoms with Crippen LogP contribution in [0.4, 0.5) is 10.6 Å². The summed E-state index contributed by atoms with van der Waals surface area (Å²) in [5.74, 6) is 0.571. The van der Waals surface area contributed by atoms with Gasteiger partial charge in [0.05, 0.1) is 16.5 Å². The Balaban J connectivity index is 1.82. The molecule has 11 heteroatoms. The number of amides is 1. The molecule has 0 N–H and O–H groups in total. The zero-order valence-corrected chi connectivity index (χ0v) is 24.7. The van der Waals surface area contributed by atoms with Crippen LogP contribution in [0.25, 0.3) is 11.0 Å². The normalized spacial score (nSPS) is 24.2. The van der Waals surface area contributed by atoms with Crippen LogP contribution in [0, 0.1) is 11.8 Å². The highest BCUT2D eigenvalue weighted by molar-refractivity contribution is 6.41. The molecule has 38 heavy (non-hydrogen) atoms. The van der Waals surface area contributed by atoms with Crippen molar-refractivity contribution < 1.29 is 9.53 Å². The molecule has 4 heterocycles. The largest absolute Gasteiger partial charge is 0.444 e. The van der Waals surface area contributed by atoms with Gasteiger partial charge in [-0.3, -0.25) is 9.56 Å². The number of hydrogen-bond donors (Lipinski definition) is 0. The van der Waals surface area contributed by atoms with Gasteiger partial charge in [0.15, 0.2) is 0 Å². The highest BCUT2D eigenvalue weighted by Crippen LogP contribution is 2.35. The molecule has 2 aliphatic rings. The maximum absolute atomic E-state index is 13.8. The SMILES string of the molecule is CC(C)C1=NC=CC(C)C1n1c(=O)nc(N2C[C@@H](C)N(C(=O)OC(C)(C)C)C[C@@H]2C)c2cc(Cl)c(Cl)nc21. The first-order chi connectivity index (χ1) is 17.7. The first-order valence-electron chi connectivity index (χ1n) is 13.0. The van der Waals surface area contributed by atoms with Gasteiger partial charge in [-0.15, -0.1) is 0 Å². The van der Waals surface area contributed by atoms with E-state index >= 15 is 0 Å². The molecule has 4 rings (SSSR count). The van der Waals surface area contributed by atoms with Gasteiger partial charge in [-0.05, 0) is 46.6 Å². The number of allylic oxidation sites excluding steroid dienone is 1. The van der Waals surface area contributed by atoms with E-state index in [1.165, 1.54) is 0 Å². The molecular formula is C27H36Cl2N6O3. The van der Waals surface area contributed by atoms with Crippen molar-refractivity contribution in [2.24, 2.45) is 16.8 Å². The van der Waals surface area contributed by atoms with E-state index in [1.807, 2.05) is 52.5 Å². The molecule has 9 nitrogen and oxygen atoms in total. The Hall–Kier alpha value is -2.65. The van der Waals surface area contributed by atoms with Gasteiger partial charge in [-0.25, -0.2) is 14.6 Å². The Bertz CT molecular complexity index is 1360. The van der Waals surface area contributed by atoms with E-state index in [4.69, 9.17) is 27.9 Å². The number of carbonyl (C=O) groups excluding carboxylic acids is 1. The lowest BCUT2D eigenvalue weighted by Crippen LogP contribution is -2.59. The lowest BCUT2D eigenvalue weighted by atomic mass is 9.89. The number of carbonyl (C=O) groups is 1. The Morgan fingerprint density at radius 2 is 1.79 bits per heavy atom. The van der Waals surface area contributed by atoms with Crippen molar-refractivity contribution in [2.75, 3.05) is 18.0 Å². The number of ether oxygens (including phenoxy) is 1. The van der Waals surface area contributed by atoms with Crippen molar-refractivity contribution in [3.8, 4) is 0 Å². The van der Waals surface area contributed by atoms with Gasteiger partial charge >= 0.3 is 11.8 Å². The predicted octanol–water partition coefficient (Wildman–Crippen LogP) is 5.73. The summed E-state index contributed by atoms with van der Waals surface area (Å²) in [7, 11) is 0. The summed E-state index contributed by atoms with van der Waals surface area (Å²) in [5.41, 5.74) is 0.251. The molecule has 2 aromatic heterocycles. The number of anilines is 1. The Morgan fingerprint density at radius 1 is 1.11 bits per heavy atom. The molecule has 0 radical (unpaired) electrons. The maximum Gasteiger partial charge on any atom is 0.410 e. The van der Waals surface area contributed by atoms with Gasteiger partial charge in [0.2, 0.25) is 0 Å². The molecule has 0 spiro atoms. The van der Waals surface area contributed by atoms with E-state index in [9.17, 15) is 9.59 Å². The van der Waals surface area contributed by atoms with Crippen LogP contribution < -0.4 is 10.6 Å². The number of pyridine rings is 1. The van der Waals surface area contributed by atoms with Crippen LogP contribution in [0.1, 0.15) is 61.4 Å². The van der Waals surface area contributed by atoms with E-state index < -0.39 is 11.3 Å². The van der Waals surface area contributed by atoms with E-state index in [-0.39, 0.29) is 46.2 Å². The smallest absolute Gasteiger partial charge is 0.410 e. The Kier molecular flexibility index (Phi) is 7.83. The predicted molar refractivity (Wildman–Crippen MR) is 153 cm³/mol. The molecule has 2 unspecified atom stereocenters. The van der Waals surface area contributed by atoms with E-state index in [2.05, 4.69) is 28.8 Å². The average Bonchev–Trinajstić information content (AvgIpc) is 2.80. The maximum atomic E-state index is 13.8. The fourth-order valence-corrected chi connectivity index (χ4v) is 5.43. The molecule has 0 aromatic carbocycles. The van der Waals surface area contributed by atoms with Crippen molar-refractivity contribution in [1.29, 1.82) is 0 Å². The molecule has 1 saturated heterocycles. The summed E-state index contributed by atoms with van der Waals surface area (Å²) in [5, 5.41) is 1.01. The number of fused-ring (bicyclic) bond motifs is 1. The number of piperazine rings is 1. The molecule has 0 aliphatic carbocycles. The number of hydrogen-bond acceptors (Lipinski definition) is 7. The molecule has 2 aromatic rings. The van der Waals surface area contributed by atoms with E-state index in [0.717, 1.165) is 5.71 Å². The molecule has 2 aliphatic heterocycles. The number of aromatic nitrogens is 3. The minimum Gasteiger partial charge on any atom is -0.444 e. The van der Waals surface area contributed by atoms with Gasteiger partial charge in [0.25, 0.3) is 0 Å². The van der Waals surface area contributed by atoms with Crippen LogP contribution in [0.2, 0.25) is 10.2 Å². The van der Waals surface area contributed by atoms with Gasteiger partial charge in [-0.2, -0.15) is 4.98 Å². The van der Waals surface area contributed by atoms with Crippen LogP contribution in [0.15, 0.2) is 28.1 Å². The lowest BCUT2D eigenvalue weighted by Gasteiger charge is -2.45. The van der Waals surface area contributed by atoms with Gasteiger partial charge < -0.3 is 14.5 Å². The van der Waals surface area contributed by atoms with Crippen LogP contribution in [0.5, 0.6) is 0 Å². The third-order valence-electron chi connectivity index (χ3n) is 6.96. The minimum absolute atomic E-state index is 0.00831. The number of nitrogens with zero attached hydrogens (tertiary/aromatic N) is 6. The molecule has 1 amide bonds. The molecule has 4 atom stereocenters. The van der Waals surface area contributed by atoms with Crippen LogP contribution in [0.3, 0.4) is 0 Å². The quantitative estimate of drug-likeness (QED) is 0.443. The lowest BCUT2D eigenvalue weighted by molar-refractivity contribution is 0.0130. The summed E-state index contributed by atoms with van der Waals surface area (Å²) < 4.78 is 7.21. The Morgan fingerprint density at radius 3 is 2.42 bits per heavy atom. The summed E-state index contributed by atoms with van der Waals surface area (Å²) in [6.07, 6.45) is 3.40. The van der Waals surface area contributed by atoms with Crippen molar-refractivity contribution >= 4 is 51.9 Å². The van der Waals surface area contributed by atoms with Gasteiger partial charge in [-0.1, -0.05) is 50.0 Å². The fourth-order valence-electron chi connectivity index (χ4n) is 5.14. The van der Waals surface area contributed by atoms with Crippen molar-refractivity contribution in [1.82, 2.24) is 19.4 Å². The van der Waals surface area contributed by atoms with Crippen molar-refractivity contribution in [3.05, 3.63) is 39.0 Å². The zero-order valence-electron chi connectivity index (χ0n) is 23.2. The highest BCUT2D eigenvalue weighted by Gasteiger charge is 2.37. The summed E-state index contributed by atoms with van der Waals surface area (Å²) in [6, 6.07) is 1.03. The first kappa shape index (κ1) is 28.4. The minimum atomic E-state index is -0.593. The second-order valence-corrected chi connectivity index (χ2v) is 12.3. The third-order valence-corrected chi connectivity index (χ3v) is 7.63.